The van der Waals surface area contributed by atoms with Gasteiger partial charge in [-0.15, -0.1) is 0 Å². The quantitative estimate of drug-likeness (QED) is 0.222. The van der Waals surface area contributed by atoms with Gasteiger partial charge in [-0.25, -0.2) is 14.4 Å². The predicted octanol–water partition coefficient (Wildman–Crippen LogP) is 2.75. The smallest absolute Gasteiger partial charge is 0.359 e. The summed E-state index contributed by atoms with van der Waals surface area (Å²) in [5, 5.41) is 27.1. The van der Waals surface area contributed by atoms with Crippen LogP contribution in [-0.4, -0.2) is 63.9 Å². The van der Waals surface area contributed by atoms with Crippen LogP contribution in [0.2, 0.25) is 0 Å². The van der Waals surface area contributed by atoms with Crippen molar-refractivity contribution in [3.05, 3.63) is 12.2 Å². The number of aliphatic carboxylic acids is 3. The third kappa shape index (κ3) is 13.1. The molecule has 0 fully saturated rings. The van der Waals surface area contributed by atoms with E-state index in [2.05, 4.69) is 19.1 Å². The van der Waals surface area contributed by atoms with E-state index in [1.165, 1.54) is 25.7 Å². The highest BCUT2D eigenvalue weighted by Gasteiger charge is 2.35. The Morgan fingerprint density at radius 2 is 1.16 bits per heavy atom. The Labute approximate surface area is 149 Å². The zero-order chi connectivity index (χ0) is 19.1. The highest BCUT2D eigenvalue weighted by atomic mass is 16.4. The van der Waals surface area contributed by atoms with E-state index in [9.17, 15) is 14.4 Å². The molecule has 7 nitrogen and oxygen atoms in total. The highest BCUT2D eigenvalue weighted by molar-refractivity contribution is 5.73. The van der Waals surface area contributed by atoms with Gasteiger partial charge in [0.25, 0.3) is 0 Å². The summed E-state index contributed by atoms with van der Waals surface area (Å²) in [6, 6.07) is 0. The van der Waals surface area contributed by atoms with Crippen LogP contribution in [0.3, 0.4) is 0 Å². The molecule has 3 N–H and O–H groups in total. The number of carbonyl (C=O) groups is 3. The summed E-state index contributed by atoms with van der Waals surface area (Å²) in [5.41, 5.74) is 0. The third-order valence-corrected chi connectivity index (χ3v) is 4.06. The van der Waals surface area contributed by atoms with Gasteiger partial charge in [0.2, 0.25) is 0 Å². The second kappa shape index (κ2) is 13.4. The van der Waals surface area contributed by atoms with Crippen LogP contribution in [0.5, 0.6) is 0 Å². The second-order valence-electron chi connectivity index (χ2n) is 6.54. The Bertz CT molecular complexity index is 406. The van der Waals surface area contributed by atoms with Gasteiger partial charge < -0.3 is 15.3 Å². The number of rotatable bonds is 16. The molecule has 7 heteroatoms. The number of quaternary nitrogens is 1. The molecule has 0 aliphatic rings. The minimum absolute atomic E-state index is 0.231. The molecule has 0 aliphatic heterocycles. The van der Waals surface area contributed by atoms with Gasteiger partial charge in [-0.2, -0.15) is 0 Å². The van der Waals surface area contributed by atoms with Gasteiger partial charge in [0, 0.05) is 0 Å². The fourth-order valence-corrected chi connectivity index (χ4v) is 2.90. The van der Waals surface area contributed by atoms with Crippen LogP contribution in [0.15, 0.2) is 12.2 Å². The molecular formula is C18H32NO6+. The summed E-state index contributed by atoms with van der Waals surface area (Å²) < 4.78 is -0.458. The molecule has 0 bridgehead atoms. The van der Waals surface area contributed by atoms with Crippen LogP contribution in [0.4, 0.5) is 0 Å². The number of carboxylic acids is 3. The van der Waals surface area contributed by atoms with Crippen LogP contribution < -0.4 is 0 Å². The number of unbranched alkanes of at least 4 members (excludes halogenated alkanes) is 6. The Kier molecular flexibility index (Phi) is 12.4. The Balaban J connectivity index is 4.36. The maximum absolute atomic E-state index is 11.0. The van der Waals surface area contributed by atoms with Crippen molar-refractivity contribution >= 4 is 17.9 Å². The topological polar surface area (TPSA) is 112 Å². The van der Waals surface area contributed by atoms with E-state index in [1.807, 2.05) is 0 Å². The monoisotopic (exact) mass is 358 g/mol. The van der Waals surface area contributed by atoms with Crippen LogP contribution >= 0.6 is 0 Å². The van der Waals surface area contributed by atoms with Gasteiger partial charge in [0.1, 0.15) is 0 Å². The highest BCUT2D eigenvalue weighted by Crippen LogP contribution is 2.12. The predicted molar refractivity (Wildman–Crippen MR) is 94.4 cm³/mol. The molecule has 0 aromatic carbocycles. The zero-order valence-electron chi connectivity index (χ0n) is 15.2. The van der Waals surface area contributed by atoms with Crippen molar-refractivity contribution in [3.8, 4) is 0 Å². The number of carboxylic acid groups (broad SMARTS) is 3. The number of nitrogens with zero attached hydrogens (tertiary/aromatic N) is 1. The van der Waals surface area contributed by atoms with Gasteiger partial charge in [0.05, 0.1) is 6.54 Å². The standard InChI is InChI=1S/C18H31NO6/c1-2-3-4-5-6-7-8-9-10-11-12-19(13-16(20)21,14-17(22)23)15-18(24)25/h7-8H,2-6,9-15H2,1H3,(H2-,20,21,22,23,24,25)/p+1/b8-7+. The Morgan fingerprint density at radius 1 is 0.720 bits per heavy atom. The molecule has 0 aliphatic carbocycles. The third-order valence-electron chi connectivity index (χ3n) is 4.06. The van der Waals surface area contributed by atoms with Crippen molar-refractivity contribution in [3.63, 3.8) is 0 Å². The molecule has 0 atom stereocenters. The van der Waals surface area contributed by atoms with Gasteiger partial charge in [0.15, 0.2) is 19.6 Å². The average molecular weight is 358 g/mol. The van der Waals surface area contributed by atoms with Crippen LogP contribution in [0, 0.1) is 0 Å². The summed E-state index contributed by atoms with van der Waals surface area (Å²) in [6.07, 6.45) is 12.4. The largest absolute Gasteiger partial charge is 0.477 e. The van der Waals surface area contributed by atoms with Crippen LogP contribution in [0.25, 0.3) is 0 Å². The molecule has 0 aromatic rings. The first-order valence-electron chi connectivity index (χ1n) is 8.97. The summed E-state index contributed by atoms with van der Waals surface area (Å²) in [6.45, 7) is 0.923. The van der Waals surface area contributed by atoms with Crippen molar-refractivity contribution in [1.29, 1.82) is 0 Å². The lowest BCUT2D eigenvalue weighted by Crippen LogP contribution is -2.57. The molecule has 0 spiro atoms. The van der Waals surface area contributed by atoms with Crippen molar-refractivity contribution in [2.45, 2.75) is 58.3 Å². The molecule has 0 rings (SSSR count). The summed E-state index contributed by atoms with van der Waals surface area (Å²) in [4.78, 5) is 33.1. The van der Waals surface area contributed by atoms with Crippen molar-refractivity contribution < 1.29 is 34.2 Å². The van der Waals surface area contributed by atoms with Gasteiger partial charge in [-0.3, -0.25) is 4.48 Å². The first-order valence-corrected chi connectivity index (χ1v) is 8.97. The van der Waals surface area contributed by atoms with Crippen LogP contribution in [-0.2, 0) is 14.4 Å². The van der Waals surface area contributed by atoms with E-state index in [-0.39, 0.29) is 6.54 Å². The molecule has 0 saturated heterocycles. The number of hydrogen-bond acceptors (Lipinski definition) is 3. The number of hydrogen-bond donors (Lipinski definition) is 3. The first-order chi connectivity index (χ1) is 11.8. The van der Waals surface area contributed by atoms with Crippen molar-refractivity contribution in [2.75, 3.05) is 26.2 Å². The molecule has 144 valence electrons. The van der Waals surface area contributed by atoms with Crippen molar-refractivity contribution in [2.24, 2.45) is 0 Å². The maximum atomic E-state index is 11.0. The molecule has 0 heterocycles. The van der Waals surface area contributed by atoms with E-state index in [0.717, 1.165) is 19.3 Å². The summed E-state index contributed by atoms with van der Waals surface area (Å²) in [7, 11) is 0. The fourth-order valence-electron chi connectivity index (χ4n) is 2.90. The first kappa shape index (κ1) is 23.1. The lowest BCUT2D eigenvalue weighted by molar-refractivity contribution is -0.907. The van der Waals surface area contributed by atoms with E-state index in [0.29, 0.717) is 6.42 Å². The van der Waals surface area contributed by atoms with Crippen LogP contribution in [0.1, 0.15) is 58.3 Å². The van der Waals surface area contributed by atoms with Gasteiger partial charge >= 0.3 is 17.9 Å². The fraction of sp³-hybridized carbons (Fsp3) is 0.722. The molecule has 0 unspecified atom stereocenters. The van der Waals surface area contributed by atoms with E-state index < -0.39 is 42.0 Å². The van der Waals surface area contributed by atoms with Crippen molar-refractivity contribution in [1.82, 2.24) is 0 Å². The number of allylic oxidation sites excluding steroid dienone is 2. The second-order valence-corrected chi connectivity index (χ2v) is 6.54. The maximum Gasteiger partial charge on any atom is 0.359 e. The van der Waals surface area contributed by atoms with E-state index in [1.54, 1.807) is 0 Å². The molecular weight excluding hydrogens is 326 g/mol. The lowest BCUT2D eigenvalue weighted by atomic mass is 10.1. The molecule has 0 saturated carbocycles. The summed E-state index contributed by atoms with van der Waals surface area (Å²) in [5.74, 6) is -3.56. The van der Waals surface area contributed by atoms with Gasteiger partial charge in [-0.05, 0) is 32.1 Å². The lowest BCUT2D eigenvalue weighted by Gasteiger charge is -2.34. The van der Waals surface area contributed by atoms with E-state index >= 15 is 0 Å². The Morgan fingerprint density at radius 3 is 1.56 bits per heavy atom. The molecule has 0 radical (unpaired) electrons. The minimum Gasteiger partial charge on any atom is -0.477 e. The zero-order valence-corrected chi connectivity index (χ0v) is 15.2. The minimum atomic E-state index is -1.19. The Hall–Kier alpha value is -1.89. The summed E-state index contributed by atoms with van der Waals surface area (Å²) >= 11 is 0. The molecule has 0 amide bonds. The normalized spacial score (nSPS) is 11.7. The SMILES string of the molecule is CCCCCC/C=C/CCCC[N+](CC(=O)O)(CC(=O)O)CC(=O)O. The average Bonchev–Trinajstić information content (AvgIpc) is 2.47. The molecule has 25 heavy (non-hydrogen) atoms. The van der Waals surface area contributed by atoms with Gasteiger partial charge in [-0.1, -0.05) is 38.3 Å². The molecule has 0 aromatic heterocycles. The van der Waals surface area contributed by atoms with E-state index in [4.69, 9.17) is 15.3 Å².